The summed E-state index contributed by atoms with van der Waals surface area (Å²) in [6.45, 7) is 12.2. The highest BCUT2D eigenvalue weighted by molar-refractivity contribution is 5.91. The number of aryl methyl sites for hydroxylation is 1. The molecule has 0 spiro atoms. The third kappa shape index (κ3) is 7.31. The normalized spacial score (nSPS) is 11.9. The van der Waals surface area contributed by atoms with E-state index in [0.29, 0.717) is 25.4 Å². The first-order valence-corrected chi connectivity index (χ1v) is 12.0. The summed E-state index contributed by atoms with van der Waals surface area (Å²) in [4.78, 5) is 19.7. The van der Waals surface area contributed by atoms with Gasteiger partial charge >= 0.3 is 0 Å². The van der Waals surface area contributed by atoms with Crippen molar-refractivity contribution < 1.29 is 9.21 Å². The minimum atomic E-state index is -0.0711. The quantitative estimate of drug-likeness (QED) is 0.394. The molecule has 1 heterocycles. The number of amides is 1. The van der Waals surface area contributed by atoms with E-state index >= 15 is 0 Å². The van der Waals surface area contributed by atoms with Crippen LogP contribution in [-0.4, -0.2) is 53.3 Å². The Hall–Kier alpha value is -2.89. The number of benzene rings is 2. The maximum Gasteiger partial charge on any atom is 0.289 e. The molecule has 182 valence electrons. The van der Waals surface area contributed by atoms with Crippen LogP contribution in [0, 0.1) is 6.92 Å². The van der Waals surface area contributed by atoms with Gasteiger partial charge in [-0.2, -0.15) is 0 Å². The molecule has 0 aliphatic rings. The van der Waals surface area contributed by atoms with Crippen molar-refractivity contribution >= 4 is 5.91 Å². The first-order valence-electron chi connectivity index (χ1n) is 12.0. The number of carbonyl (C=O) groups excluding carboxylic acids is 1. The zero-order valence-electron chi connectivity index (χ0n) is 21.5. The number of carbonyl (C=O) groups is 1. The van der Waals surface area contributed by atoms with Gasteiger partial charge in [0, 0.05) is 31.7 Å². The van der Waals surface area contributed by atoms with Crippen LogP contribution in [0.2, 0.25) is 0 Å². The molecule has 5 nitrogen and oxygen atoms in total. The third-order valence-electron chi connectivity index (χ3n) is 6.11. The Morgan fingerprint density at radius 2 is 1.50 bits per heavy atom. The Morgan fingerprint density at radius 3 is 2.15 bits per heavy atom. The SMILES string of the molecule is Cc1ccccc1CN(Cc1ccc(C(=O)N(CCN(C)C)Cc2ccccc2)o1)C(C)(C)C. The average molecular weight is 462 g/mol. The van der Waals surface area contributed by atoms with E-state index < -0.39 is 0 Å². The minimum absolute atomic E-state index is 0.0513. The van der Waals surface area contributed by atoms with Gasteiger partial charge in [-0.3, -0.25) is 9.69 Å². The second kappa shape index (κ2) is 11.5. The third-order valence-corrected chi connectivity index (χ3v) is 6.11. The Balaban J connectivity index is 1.76. The van der Waals surface area contributed by atoms with Crippen molar-refractivity contribution in [2.45, 2.75) is 52.9 Å². The van der Waals surface area contributed by atoms with Crippen LogP contribution < -0.4 is 0 Å². The summed E-state index contributed by atoms with van der Waals surface area (Å²) in [7, 11) is 4.04. The summed E-state index contributed by atoms with van der Waals surface area (Å²) in [6.07, 6.45) is 0. The molecule has 1 aromatic heterocycles. The lowest BCUT2D eigenvalue weighted by Crippen LogP contribution is -2.40. The van der Waals surface area contributed by atoms with Crippen molar-refractivity contribution in [2.24, 2.45) is 0 Å². The molecular formula is C29H39N3O2. The second-order valence-corrected chi connectivity index (χ2v) is 10.2. The first-order chi connectivity index (χ1) is 16.1. The minimum Gasteiger partial charge on any atom is -0.455 e. The van der Waals surface area contributed by atoms with E-state index in [9.17, 15) is 4.79 Å². The van der Waals surface area contributed by atoms with Crippen molar-refractivity contribution in [3.05, 3.63) is 94.9 Å². The summed E-state index contributed by atoms with van der Waals surface area (Å²) in [5.41, 5.74) is 3.64. The summed E-state index contributed by atoms with van der Waals surface area (Å²) in [6, 6.07) is 22.3. The molecule has 0 N–H and O–H groups in total. The molecule has 3 aromatic rings. The molecule has 0 bridgehead atoms. The molecule has 0 saturated carbocycles. The molecule has 0 aliphatic carbocycles. The van der Waals surface area contributed by atoms with Crippen LogP contribution in [0.25, 0.3) is 0 Å². The lowest BCUT2D eigenvalue weighted by molar-refractivity contribution is 0.0689. The highest BCUT2D eigenvalue weighted by Gasteiger charge is 2.25. The van der Waals surface area contributed by atoms with Gasteiger partial charge in [0.2, 0.25) is 0 Å². The van der Waals surface area contributed by atoms with E-state index in [-0.39, 0.29) is 11.4 Å². The molecule has 1 amide bonds. The smallest absolute Gasteiger partial charge is 0.289 e. The zero-order valence-corrected chi connectivity index (χ0v) is 21.5. The van der Waals surface area contributed by atoms with Gasteiger partial charge in [0.05, 0.1) is 6.54 Å². The largest absolute Gasteiger partial charge is 0.455 e. The van der Waals surface area contributed by atoms with E-state index in [1.165, 1.54) is 11.1 Å². The number of likely N-dealkylation sites (N-methyl/N-ethyl adjacent to an activating group) is 1. The van der Waals surface area contributed by atoms with Crippen molar-refractivity contribution in [1.82, 2.24) is 14.7 Å². The number of rotatable bonds is 10. The van der Waals surface area contributed by atoms with E-state index in [1.807, 2.05) is 49.3 Å². The molecule has 0 atom stereocenters. The van der Waals surface area contributed by atoms with Crippen LogP contribution in [0.15, 0.2) is 71.1 Å². The predicted octanol–water partition coefficient (Wildman–Crippen LogP) is 5.59. The summed E-state index contributed by atoms with van der Waals surface area (Å²) >= 11 is 0. The van der Waals surface area contributed by atoms with Gasteiger partial charge < -0.3 is 14.2 Å². The van der Waals surface area contributed by atoms with Gasteiger partial charge in [0.15, 0.2) is 5.76 Å². The van der Waals surface area contributed by atoms with E-state index in [4.69, 9.17) is 4.42 Å². The van der Waals surface area contributed by atoms with Gasteiger partial charge in [-0.1, -0.05) is 54.6 Å². The van der Waals surface area contributed by atoms with E-state index in [0.717, 1.165) is 24.4 Å². The van der Waals surface area contributed by atoms with Crippen molar-refractivity contribution in [2.75, 3.05) is 27.2 Å². The monoisotopic (exact) mass is 461 g/mol. The Morgan fingerprint density at radius 1 is 0.824 bits per heavy atom. The fourth-order valence-corrected chi connectivity index (χ4v) is 3.82. The van der Waals surface area contributed by atoms with Crippen LogP contribution in [0.3, 0.4) is 0 Å². The fraction of sp³-hybridized carbons (Fsp3) is 0.414. The van der Waals surface area contributed by atoms with E-state index in [1.54, 1.807) is 0 Å². The number of nitrogens with zero attached hydrogens (tertiary/aromatic N) is 3. The van der Waals surface area contributed by atoms with Gasteiger partial charge in [-0.25, -0.2) is 0 Å². The second-order valence-electron chi connectivity index (χ2n) is 10.2. The lowest BCUT2D eigenvalue weighted by Gasteiger charge is -2.35. The predicted molar refractivity (Wildman–Crippen MR) is 139 cm³/mol. The molecule has 3 rings (SSSR count). The molecule has 0 unspecified atom stereocenters. The Labute approximate surface area is 205 Å². The number of hydrogen-bond donors (Lipinski definition) is 0. The highest BCUT2D eigenvalue weighted by atomic mass is 16.4. The molecule has 0 radical (unpaired) electrons. The van der Waals surface area contributed by atoms with Gasteiger partial charge in [-0.15, -0.1) is 0 Å². The average Bonchev–Trinajstić information content (AvgIpc) is 3.25. The zero-order chi connectivity index (χ0) is 24.7. The molecular weight excluding hydrogens is 422 g/mol. The van der Waals surface area contributed by atoms with Gasteiger partial charge in [0.1, 0.15) is 5.76 Å². The maximum absolute atomic E-state index is 13.4. The number of furan rings is 1. The van der Waals surface area contributed by atoms with Crippen LogP contribution in [0.4, 0.5) is 0 Å². The Kier molecular flexibility index (Phi) is 8.70. The Bertz CT molecular complexity index is 1050. The van der Waals surface area contributed by atoms with Crippen molar-refractivity contribution in [3.8, 4) is 0 Å². The molecule has 0 aliphatic heterocycles. The molecule has 2 aromatic carbocycles. The van der Waals surface area contributed by atoms with Crippen molar-refractivity contribution in [1.29, 1.82) is 0 Å². The molecule has 0 saturated heterocycles. The molecule has 34 heavy (non-hydrogen) atoms. The topological polar surface area (TPSA) is 39.9 Å². The van der Waals surface area contributed by atoms with Crippen LogP contribution in [0.5, 0.6) is 0 Å². The molecule has 5 heteroatoms. The van der Waals surface area contributed by atoms with Crippen LogP contribution in [0.1, 0.15) is 53.8 Å². The highest BCUT2D eigenvalue weighted by Crippen LogP contribution is 2.23. The van der Waals surface area contributed by atoms with Crippen LogP contribution >= 0.6 is 0 Å². The standard InChI is InChI=1S/C29H39N3O2/c1-23-12-10-11-15-25(23)21-32(29(2,3)4)22-26-16-17-27(34-26)28(33)31(19-18-30(5)6)20-24-13-8-7-9-14-24/h7-17H,18-22H2,1-6H3. The van der Waals surface area contributed by atoms with E-state index in [2.05, 4.69) is 73.9 Å². The molecule has 0 fully saturated rings. The lowest BCUT2D eigenvalue weighted by atomic mass is 10.0. The maximum atomic E-state index is 13.4. The first kappa shape index (κ1) is 25.7. The summed E-state index contributed by atoms with van der Waals surface area (Å²) in [5.74, 6) is 1.13. The van der Waals surface area contributed by atoms with Crippen LogP contribution in [-0.2, 0) is 19.6 Å². The fourth-order valence-electron chi connectivity index (χ4n) is 3.82. The van der Waals surface area contributed by atoms with Crippen molar-refractivity contribution in [3.63, 3.8) is 0 Å². The summed E-state index contributed by atoms with van der Waals surface area (Å²) < 4.78 is 6.12. The van der Waals surface area contributed by atoms with Gasteiger partial charge in [-0.05, 0) is 70.6 Å². The number of hydrogen-bond acceptors (Lipinski definition) is 4. The summed E-state index contributed by atoms with van der Waals surface area (Å²) in [5, 5.41) is 0. The van der Waals surface area contributed by atoms with Gasteiger partial charge in [0.25, 0.3) is 5.91 Å².